The number of nitrogens with zero attached hydrogens (tertiary/aromatic N) is 2. The molecule has 0 radical (unpaired) electrons. The van der Waals surface area contributed by atoms with Crippen LogP contribution in [0.3, 0.4) is 0 Å². The topological polar surface area (TPSA) is 84.0 Å². The van der Waals surface area contributed by atoms with E-state index >= 15 is 0 Å². The quantitative estimate of drug-likeness (QED) is 0.858. The van der Waals surface area contributed by atoms with E-state index in [9.17, 15) is 8.42 Å². The van der Waals surface area contributed by atoms with Crippen molar-refractivity contribution in [2.75, 3.05) is 18.1 Å². The van der Waals surface area contributed by atoms with Crippen LogP contribution in [0.2, 0.25) is 0 Å². The third kappa shape index (κ3) is 4.64. The number of aromatic nitrogens is 2. The number of sulfonamides is 1. The van der Waals surface area contributed by atoms with Crippen LogP contribution in [-0.4, -0.2) is 36.7 Å². The molecule has 21 heavy (non-hydrogen) atoms. The lowest BCUT2D eigenvalue weighted by atomic mass is 9.96. The van der Waals surface area contributed by atoms with Crippen LogP contribution in [0.25, 0.3) is 0 Å². The zero-order valence-electron chi connectivity index (χ0n) is 13.2. The smallest absolute Gasteiger partial charge is 0.209 e. The first-order valence-corrected chi connectivity index (χ1v) is 9.15. The average Bonchev–Trinajstić information content (AvgIpc) is 2.33. The molecular weight excluding hydrogens is 288 g/mol. The Hall–Kier alpha value is -1.21. The molecule has 0 saturated heterocycles. The molecular formula is C14H24N4O2S. The van der Waals surface area contributed by atoms with Gasteiger partial charge in [0.1, 0.15) is 11.6 Å². The first-order valence-electron chi connectivity index (χ1n) is 7.25. The van der Waals surface area contributed by atoms with Crippen LogP contribution in [-0.2, 0) is 22.9 Å². The maximum atomic E-state index is 11.4. The summed E-state index contributed by atoms with van der Waals surface area (Å²) in [7, 11) is -3.23. The molecule has 1 aromatic heterocycles. The Morgan fingerprint density at radius 2 is 1.86 bits per heavy atom. The minimum Gasteiger partial charge on any atom is -0.368 e. The maximum absolute atomic E-state index is 11.4. The monoisotopic (exact) mass is 312 g/mol. The second-order valence-electron chi connectivity index (χ2n) is 6.36. The highest BCUT2D eigenvalue weighted by molar-refractivity contribution is 7.88. The summed E-state index contributed by atoms with van der Waals surface area (Å²) in [5.74, 6) is 1.60. The summed E-state index contributed by atoms with van der Waals surface area (Å²) in [6, 6.07) is 0. The number of hydrogen-bond acceptors (Lipinski definition) is 5. The highest BCUT2D eigenvalue weighted by Crippen LogP contribution is 2.25. The zero-order chi connectivity index (χ0) is 15.7. The molecule has 118 valence electrons. The lowest BCUT2D eigenvalue weighted by Gasteiger charge is -2.27. The van der Waals surface area contributed by atoms with Crippen molar-refractivity contribution >= 4 is 15.8 Å². The van der Waals surface area contributed by atoms with Crippen molar-refractivity contribution in [2.45, 2.75) is 52.0 Å². The van der Waals surface area contributed by atoms with Gasteiger partial charge in [0, 0.05) is 23.3 Å². The molecule has 0 spiro atoms. The van der Waals surface area contributed by atoms with Gasteiger partial charge in [0.25, 0.3) is 0 Å². The van der Waals surface area contributed by atoms with Crippen LogP contribution in [0.4, 0.5) is 5.82 Å². The van der Waals surface area contributed by atoms with Crippen LogP contribution in [0, 0.1) is 6.92 Å². The largest absolute Gasteiger partial charge is 0.368 e. The SMILES string of the molecule is Cc1nc2c(c(NCC(C)(C)NS(C)(=O)=O)n1)CCCC2. The van der Waals surface area contributed by atoms with Crippen LogP contribution < -0.4 is 10.0 Å². The molecule has 0 unspecified atom stereocenters. The van der Waals surface area contributed by atoms with Gasteiger partial charge in [0.15, 0.2) is 0 Å². The fourth-order valence-corrected chi connectivity index (χ4v) is 3.78. The molecule has 0 amide bonds. The number of hydrogen-bond donors (Lipinski definition) is 2. The number of rotatable bonds is 5. The maximum Gasteiger partial charge on any atom is 0.209 e. The molecule has 1 aromatic rings. The predicted molar refractivity (Wildman–Crippen MR) is 84.0 cm³/mol. The number of anilines is 1. The van der Waals surface area contributed by atoms with Crippen molar-refractivity contribution in [3.05, 3.63) is 17.1 Å². The van der Waals surface area contributed by atoms with E-state index in [-0.39, 0.29) is 0 Å². The van der Waals surface area contributed by atoms with Crippen molar-refractivity contribution in [3.63, 3.8) is 0 Å². The summed E-state index contributed by atoms with van der Waals surface area (Å²) in [5, 5.41) is 3.30. The highest BCUT2D eigenvalue weighted by Gasteiger charge is 2.23. The first kappa shape index (κ1) is 16.2. The van der Waals surface area contributed by atoms with Gasteiger partial charge >= 0.3 is 0 Å². The van der Waals surface area contributed by atoms with E-state index in [1.165, 1.54) is 18.2 Å². The molecule has 0 bridgehead atoms. The predicted octanol–water partition coefficient (Wildman–Crippen LogP) is 1.40. The van der Waals surface area contributed by atoms with Gasteiger partial charge in [-0.1, -0.05) is 0 Å². The molecule has 2 N–H and O–H groups in total. The van der Waals surface area contributed by atoms with Gasteiger partial charge in [-0.05, 0) is 46.5 Å². The second kappa shape index (κ2) is 5.88. The van der Waals surface area contributed by atoms with E-state index < -0.39 is 15.6 Å². The fourth-order valence-electron chi connectivity index (χ4n) is 2.71. The van der Waals surface area contributed by atoms with Crippen molar-refractivity contribution in [3.8, 4) is 0 Å². The molecule has 1 aliphatic carbocycles. The number of fused-ring (bicyclic) bond motifs is 1. The van der Waals surface area contributed by atoms with E-state index in [4.69, 9.17) is 0 Å². The Kier molecular flexibility index (Phi) is 4.53. The molecule has 1 heterocycles. The van der Waals surface area contributed by atoms with Crippen LogP contribution in [0.15, 0.2) is 0 Å². The summed E-state index contributed by atoms with van der Waals surface area (Å²) in [6.07, 6.45) is 5.48. The van der Waals surface area contributed by atoms with Crippen molar-refractivity contribution in [2.24, 2.45) is 0 Å². The standard InChI is InChI=1S/C14H24N4O2S/c1-10-16-12-8-6-5-7-11(12)13(17-10)15-9-14(2,3)18-21(4,19)20/h18H,5-9H2,1-4H3,(H,15,16,17). The van der Waals surface area contributed by atoms with Crippen molar-refractivity contribution < 1.29 is 8.42 Å². The molecule has 1 aliphatic rings. The summed E-state index contributed by atoms with van der Waals surface area (Å²) in [5.41, 5.74) is 1.74. The third-order valence-corrected chi connectivity index (χ3v) is 4.38. The van der Waals surface area contributed by atoms with Gasteiger partial charge in [-0.2, -0.15) is 0 Å². The Morgan fingerprint density at radius 1 is 1.19 bits per heavy atom. The average molecular weight is 312 g/mol. The summed E-state index contributed by atoms with van der Waals surface area (Å²) < 4.78 is 25.4. The van der Waals surface area contributed by atoms with Crippen LogP contribution in [0.1, 0.15) is 43.8 Å². The van der Waals surface area contributed by atoms with Gasteiger partial charge in [-0.15, -0.1) is 0 Å². The summed E-state index contributed by atoms with van der Waals surface area (Å²) >= 11 is 0. The first-order chi connectivity index (χ1) is 9.66. The minimum absolute atomic E-state index is 0.475. The number of aryl methyl sites for hydroxylation is 2. The lowest BCUT2D eigenvalue weighted by molar-refractivity contribution is 0.475. The van der Waals surface area contributed by atoms with E-state index in [0.717, 1.165) is 36.6 Å². The van der Waals surface area contributed by atoms with E-state index in [0.29, 0.717) is 6.54 Å². The zero-order valence-corrected chi connectivity index (χ0v) is 14.0. The van der Waals surface area contributed by atoms with Gasteiger partial charge in [-0.3, -0.25) is 0 Å². The molecule has 0 aromatic carbocycles. The van der Waals surface area contributed by atoms with Gasteiger partial charge in [0.05, 0.1) is 6.26 Å². The Morgan fingerprint density at radius 3 is 2.52 bits per heavy atom. The Labute approximate surface area is 126 Å². The number of nitrogens with one attached hydrogen (secondary N) is 2. The molecule has 7 heteroatoms. The summed E-state index contributed by atoms with van der Waals surface area (Å²) in [6.45, 7) is 6.06. The van der Waals surface area contributed by atoms with Crippen LogP contribution >= 0.6 is 0 Å². The molecule has 0 saturated carbocycles. The van der Waals surface area contributed by atoms with Gasteiger partial charge in [0.2, 0.25) is 10.0 Å². The molecule has 0 atom stereocenters. The highest BCUT2D eigenvalue weighted by atomic mass is 32.2. The minimum atomic E-state index is -3.23. The molecule has 6 nitrogen and oxygen atoms in total. The van der Waals surface area contributed by atoms with Crippen molar-refractivity contribution in [1.82, 2.24) is 14.7 Å². The Balaban J connectivity index is 2.15. The van der Waals surface area contributed by atoms with E-state index in [2.05, 4.69) is 20.0 Å². The molecule has 2 rings (SSSR count). The lowest BCUT2D eigenvalue weighted by Crippen LogP contribution is -2.48. The van der Waals surface area contributed by atoms with Crippen molar-refractivity contribution in [1.29, 1.82) is 0 Å². The summed E-state index contributed by atoms with van der Waals surface area (Å²) in [4.78, 5) is 9.00. The van der Waals surface area contributed by atoms with E-state index in [1.54, 1.807) is 0 Å². The second-order valence-corrected chi connectivity index (χ2v) is 8.11. The van der Waals surface area contributed by atoms with E-state index in [1.807, 2.05) is 20.8 Å². The molecule has 0 aliphatic heterocycles. The Bertz CT molecular complexity index is 626. The van der Waals surface area contributed by atoms with Crippen LogP contribution in [0.5, 0.6) is 0 Å². The normalized spacial score (nSPS) is 15.6. The van der Waals surface area contributed by atoms with Gasteiger partial charge < -0.3 is 5.32 Å². The fraction of sp³-hybridized carbons (Fsp3) is 0.714. The van der Waals surface area contributed by atoms with Gasteiger partial charge in [-0.25, -0.2) is 23.1 Å². The molecule has 0 fully saturated rings. The third-order valence-electron chi connectivity index (χ3n) is 3.45.